The highest BCUT2D eigenvalue weighted by molar-refractivity contribution is 5.95. The third kappa shape index (κ3) is 5.85. The van der Waals surface area contributed by atoms with Gasteiger partial charge in [-0.15, -0.1) is 0 Å². The maximum absolute atomic E-state index is 14.2. The van der Waals surface area contributed by atoms with Gasteiger partial charge in [-0.05, 0) is 31.8 Å². The van der Waals surface area contributed by atoms with E-state index in [1.165, 1.54) is 6.08 Å². The van der Waals surface area contributed by atoms with Crippen LogP contribution in [0.1, 0.15) is 71.1 Å². The number of halogens is 2. The quantitative estimate of drug-likeness (QED) is 0.297. The molecule has 2 saturated heterocycles. The first-order valence-electron chi connectivity index (χ1n) is 11.0. The van der Waals surface area contributed by atoms with Crippen LogP contribution in [0.15, 0.2) is 12.2 Å². The number of hydrogen-bond acceptors (Lipinski definition) is 5. The van der Waals surface area contributed by atoms with Crippen LogP contribution in [0.25, 0.3) is 0 Å². The molecule has 0 aromatic rings. The van der Waals surface area contributed by atoms with Gasteiger partial charge in [-0.1, -0.05) is 32.3 Å². The molecule has 2 aliphatic heterocycles. The molecule has 0 aromatic carbocycles. The molecule has 7 heteroatoms. The summed E-state index contributed by atoms with van der Waals surface area (Å²) in [6, 6.07) is 0. The molecule has 5 atom stereocenters. The van der Waals surface area contributed by atoms with E-state index in [2.05, 4.69) is 0 Å². The Bertz CT molecular complexity index is 600. The molecule has 0 aromatic heterocycles. The lowest BCUT2D eigenvalue weighted by atomic mass is 9.91. The van der Waals surface area contributed by atoms with Crippen molar-refractivity contribution in [1.29, 1.82) is 0 Å². The van der Waals surface area contributed by atoms with E-state index in [0.29, 0.717) is 25.9 Å². The van der Waals surface area contributed by atoms with Gasteiger partial charge < -0.3 is 14.2 Å². The van der Waals surface area contributed by atoms with Gasteiger partial charge in [0, 0.05) is 31.3 Å². The lowest BCUT2D eigenvalue weighted by Gasteiger charge is -2.28. The number of carbonyl (C=O) groups excluding carboxylic acids is 2. The predicted molar refractivity (Wildman–Crippen MR) is 102 cm³/mol. The minimum Gasteiger partial charge on any atom is -0.462 e. The fraction of sp³-hybridized carbons (Fsp3) is 0.818. The molecule has 1 aliphatic carbocycles. The van der Waals surface area contributed by atoms with Crippen molar-refractivity contribution in [3.63, 3.8) is 0 Å². The second kappa shape index (κ2) is 10.1. The second-order valence-electron chi connectivity index (χ2n) is 8.42. The summed E-state index contributed by atoms with van der Waals surface area (Å²) < 4.78 is 45.5. The van der Waals surface area contributed by atoms with Crippen LogP contribution < -0.4 is 0 Å². The molecular weight excluding hydrogens is 382 g/mol. The Morgan fingerprint density at radius 1 is 1.28 bits per heavy atom. The van der Waals surface area contributed by atoms with Crippen LogP contribution in [0.3, 0.4) is 0 Å². The summed E-state index contributed by atoms with van der Waals surface area (Å²) in [6.45, 7) is 2.65. The summed E-state index contributed by atoms with van der Waals surface area (Å²) >= 11 is 0. The smallest absolute Gasteiger partial charge is 0.309 e. The zero-order valence-corrected chi connectivity index (χ0v) is 17.1. The van der Waals surface area contributed by atoms with Gasteiger partial charge in [0.25, 0.3) is 0 Å². The van der Waals surface area contributed by atoms with Gasteiger partial charge in [-0.25, -0.2) is 0 Å². The number of esters is 1. The molecule has 1 saturated carbocycles. The van der Waals surface area contributed by atoms with E-state index in [1.54, 1.807) is 0 Å². The summed E-state index contributed by atoms with van der Waals surface area (Å²) in [5.74, 6) is -5.25. The summed E-state index contributed by atoms with van der Waals surface area (Å²) in [7, 11) is 0. The third-order valence-corrected chi connectivity index (χ3v) is 6.19. The Morgan fingerprint density at radius 2 is 2.10 bits per heavy atom. The molecule has 0 N–H and O–H groups in total. The normalized spacial score (nSPS) is 32.5. The minimum absolute atomic E-state index is 0.140. The number of allylic oxidation sites excluding steroid dienone is 1. The van der Waals surface area contributed by atoms with Crippen LogP contribution in [0.2, 0.25) is 0 Å². The predicted octanol–water partition coefficient (Wildman–Crippen LogP) is 4.58. The molecule has 0 amide bonds. The SMILES string of the molecule is CCCCCCC(F)(F)C(=O)/C=C/[C@H]1[C@H](OC2CCCCO2)CC2OC(=O)C[C@@H]21. The largest absolute Gasteiger partial charge is 0.462 e. The van der Waals surface area contributed by atoms with Crippen molar-refractivity contribution in [2.75, 3.05) is 6.61 Å². The van der Waals surface area contributed by atoms with Crippen LogP contribution in [0.4, 0.5) is 8.78 Å². The van der Waals surface area contributed by atoms with Crippen molar-refractivity contribution in [2.24, 2.45) is 11.8 Å². The van der Waals surface area contributed by atoms with Gasteiger partial charge in [-0.3, -0.25) is 9.59 Å². The molecule has 0 radical (unpaired) electrons. The van der Waals surface area contributed by atoms with Gasteiger partial charge >= 0.3 is 11.9 Å². The number of ether oxygens (including phenoxy) is 3. The first-order valence-corrected chi connectivity index (χ1v) is 11.0. The molecule has 3 fully saturated rings. The average Bonchev–Trinajstić information content (AvgIpc) is 3.19. The van der Waals surface area contributed by atoms with E-state index < -0.39 is 18.1 Å². The molecule has 29 heavy (non-hydrogen) atoms. The van der Waals surface area contributed by atoms with Gasteiger partial charge in [-0.2, -0.15) is 8.78 Å². The highest BCUT2D eigenvalue weighted by Gasteiger charge is 2.50. The van der Waals surface area contributed by atoms with E-state index in [4.69, 9.17) is 14.2 Å². The number of hydrogen-bond donors (Lipinski definition) is 0. The van der Waals surface area contributed by atoms with E-state index >= 15 is 0 Å². The van der Waals surface area contributed by atoms with Crippen molar-refractivity contribution in [2.45, 2.75) is 95.6 Å². The fourth-order valence-corrected chi connectivity index (χ4v) is 4.54. The maximum Gasteiger partial charge on any atom is 0.309 e. The Morgan fingerprint density at radius 3 is 2.83 bits per heavy atom. The summed E-state index contributed by atoms with van der Waals surface area (Å²) in [6.07, 6.45) is 7.60. The Hall–Kier alpha value is -1.34. The number of rotatable bonds is 10. The number of carbonyl (C=O) groups is 2. The molecule has 2 heterocycles. The van der Waals surface area contributed by atoms with Crippen molar-refractivity contribution in [1.82, 2.24) is 0 Å². The molecule has 5 nitrogen and oxygen atoms in total. The zero-order chi connectivity index (χ0) is 20.9. The summed E-state index contributed by atoms with van der Waals surface area (Å²) in [5, 5.41) is 0. The van der Waals surface area contributed by atoms with Crippen LogP contribution in [0.5, 0.6) is 0 Å². The first-order chi connectivity index (χ1) is 13.9. The molecule has 3 rings (SSSR count). The van der Waals surface area contributed by atoms with Crippen LogP contribution in [0, 0.1) is 11.8 Å². The van der Waals surface area contributed by atoms with Gasteiger partial charge in [0.2, 0.25) is 5.78 Å². The zero-order valence-electron chi connectivity index (χ0n) is 17.1. The van der Waals surface area contributed by atoms with Crippen molar-refractivity contribution in [3.8, 4) is 0 Å². The Labute approximate surface area is 171 Å². The van der Waals surface area contributed by atoms with E-state index in [9.17, 15) is 18.4 Å². The Kier molecular flexibility index (Phi) is 7.79. The topological polar surface area (TPSA) is 61.8 Å². The molecule has 2 unspecified atom stereocenters. The highest BCUT2D eigenvalue weighted by atomic mass is 19.3. The molecule has 0 spiro atoms. The van der Waals surface area contributed by atoms with Crippen LogP contribution in [-0.4, -0.2) is 42.8 Å². The maximum atomic E-state index is 14.2. The monoisotopic (exact) mass is 414 g/mol. The summed E-state index contributed by atoms with van der Waals surface area (Å²) in [5.41, 5.74) is 0. The van der Waals surface area contributed by atoms with Gasteiger partial charge in [0.1, 0.15) is 6.10 Å². The van der Waals surface area contributed by atoms with E-state index in [1.807, 2.05) is 6.92 Å². The van der Waals surface area contributed by atoms with Crippen molar-refractivity contribution < 1.29 is 32.6 Å². The lowest BCUT2D eigenvalue weighted by molar-refractivity contribution is -0.194. The number of alkyl halides is 2. The number of fused-ring (bicyclic) bond motifs is 1. The average molecular weight is 414 g/mol. The van der Waals surface area contributed by atoms with Crippen molar-refractivity contribution in [3.05, 3.63) is 12.2 Å². The van der Waals surface area contributed by atoms with Crippen LogP contribution >= 0.6 is 0 Å². The Balaban J connectivity index is 1.62. The number of unbranched alkanes of at least 4 members (excludes halogenated alkanes) is 3. The molecular formula is C22H32F2O5. The fourth-order valence-electron chi connectivity index (χ4n) is 4.54. The van der Waals surface area contributed by atoms with Crippen molar-refractivity contribution >= 4 is 11.8 Å². The standard InChI is InChI=1S/C22H32F2O5/c1-2-3-4-6-11-22(23,24)19(25)10-9-15-16-13-20(26)28-18(16)14-17(15)29-21-8-5-7-12-27-21/h9-10,15-18,21H,2-8,11-14H2,1H3/b10-9+/t15-,16-,17-,18?,21?/m1/s1. The van der Waals surface area contributed by atoms with Crippen LogP contribution in [-0.2, 0) is 23.8 Å². The first kappa shape index (κ1) is 22.3. The molecule has 0 bridgehead atoms. The third-order valence-electron chi connectivity index (χ3n) is 6.19. The van der Waals surface area contributed by atoms with E-state index in [0.717, 1.165) is 38.2 Å². The van der Waals surface area contributed by atoms with Gasteiger partial charge in [0.05, 0.1) is 12.5 Å². The molecule has 3 aliphatic rings. The minimum atomic E-state index is -3.35. The molecule has 164 valence electrons. The number of ketones is 1. The van der Waals surface area contributed by atoms with E-state index in [-0.39, 0.29) is 42.7 Å². The second-order valence-corrected chi connectivity index (χ2v) is 8.42. The highest BCUT2D eigenvalue weighted by Crippen LogP contribution is 2.44. The van der Waals surface area contributed by atoms with Gasteiger partial charge in [0.15, 0.2) is 6.29 Å². The summed E-state index contributed by atoms with van der Waals surface area (Å²) in [4.78, 5) is 23.8. The lowest BCUT2D eigenvalue weighted by Crippen LogP contribution is -2.31.